The molecule has 0 heterocycles. The molecular weight excluding hydrogens is 653 g/mol. The summed E-state index contributed by atoms with van der Waals surface area (Å²) in [6, 6.07) is 8.22. The van der Waals surface area contributed by atoms with Gasteiger partial charge in [-0.15, -0.1) is 0 Å². The van der Waals surface area contributed by atoms with Gasteiger partial charge < -0.3 is 51.5 Å². The van der Waals surface area contributed by atoms with Crippen molar-refractivity contribution in [3.8, 4) is 23.0 Å². The zero-order valence-electron chi connectivity index (χ0n) is 26.2. The molecule has 4 atom stereocenters. The fourth-order valence-electron chi connectivity index (χ4n) is 2.91. The predicted octanol–water partition coefficient (Wildman–Crippen LogP) is 1.95. The summed E-state index contributed by atoms with van der Waals surface area (Å²) in [6.07, 6.45) is -2.99. The Kier molecular flexibility index (Phi) is 21.0. The fraction of sp³-hybridized carbons (Fsp3) is 0.571. The second-order valence-corrected chi connectivity index (χ2v) is 13.4. The molecule has 0 spiro atoms. The van der Waals surface area contributed by atoms with Crippen molar-refractivity contribution in [3.63, 3.8) is 0 Å². The first kappa shape index (κ1) is 45.1. The molecule has 2 aromatic rings. The van der Waals surface area contributed by atoms with Crippen molar-refractivity contribution in [2.75, 3.05) is 24.6 Å². The average Bonchev–Trinajstić information content (AvgIpc) is 2.87. The molecule has 0 bridgehead atoms. The van der Waals surface area contributed by atoms with Gasteiger partial charge in [-0.05, 0) is 76.9 Å². The van der Waals surface area contributed by atoms with Crippen LogP contribution in [-0.4, -0.2) is 106 Å². The molecule has 0 aliphatic rings. The summed E-state index contributed by atoms with van der Waals surface area (Å²) in [5.74, 6) is 0.355. The van der Waals surface area contributed by atoms with Crippen LogP contribution in [0.5, 0.6) is 23.0 Å². The predicted molar refractivity (Wildman–Crippen MR) is 179 cm³/mol. The highest BCUT2D eigenvalue weighted by molar-refractivity contribution is 7.80. The minimum atomic E-state index is -4.67. The maximum Gasteiger partial charge on any atom is 0.394 e. The van der Waals surface area contributed by atoms with Gasteiger partial charge in [0.05, 0.1) is 24.4 Å². The van der Waals surface area contributed by atoms with Crippen LogP contribution < -0.4 is 10.6 Å². The van der Waals surface area contributed by atoms with E-state index >= 15 is 0 Å². The van der Waals surface area contributed by atoms with E-state index in [1.807, 2.05) is 41.5 Å². The summed E-state index contributed by atoms with van der Waals surface area (Å²) in [5, 5.41) is 80.6. The van der Waals surface area contributed by atoms with Crippen LogP contribution in [0.4, 0.5) is 0 Å². The normalized spacial score (nSPS) is 14.3. The molecule has 0 aliphatic heterocycles. The quantitative estimate of drug-likeness (QED) is 0.132. The van der Waals surface area contributed by atoms with E-state index in [4.69, 9.17) is 27.7 Å². The number of aliphatic hydroxyl groups excluding tert-OH is 4. The number of phenolic OH excluding ortho intramolecular Hbond substituents is 4. The van der Waals surface area contributed by atoms with Gasteiger partial charge >= 0.3 is 10.4 Å². The third kappa shape index (κ3) is 26.9. The molecule has 2 aromatic carbocycles. The number of aliphatic hydroxyl groups is 4. The first-order valence-corrected chi connectivity index (χ1v) is 16.1. The van der Waals surface area contributed by atoms with Crippen LogP contribution in [0.2, 0.25) is 0 Å². The molecular formula is C28H50N2O12S3. The monoisotopic (exact) mass is 702 g/mol. The second-order valence-electron chi connectivity index (χ2n) is 11.8. The standard InChI is InChI=1S/2C12H19NO3.C4H10O2S2.H2O4S/c2*1-12(2,3)13-7-11(16)8-4-9(14)6-10(15)5-8;5-3(1-7)4(6)2-8;1-5(2,3)4/h2*4-6,11,13-16H,7H2,1-3H3;3-8H,1-2H2;(H2,1,2,3,4)/t;;3-,4-;/m..1./s1. The minimum absolute atomic E-state index is 0.0511. The smallest absolute Gasteiger partial charge is 0.394 e. The third-order valence-corrected chi connectivity index (χ3v) is 5.84. The number of hydrogen-bond donors (Lipinski definition) is 14. The zero-order valence-corrected chi connectivity index (χ0v) is 28.8. The Hall–Kier alpha value is -2.03. The Balaban J connectivity index is 0. The summed E-state index contributed by atoms with van der Waals surface area (Å²) in [5.41, 5.74) is 0.822. The SMILES string of the molecule is CC(C)(C)NCC(O)c1cc(O)cc(O)c1.CC(C)(C)NCC(O)c1cc(O)cc(O)c1.O=S(=O)(O)O.O[C@H](CS)[C@H](O)CS. The van der Waals surface area contributed by atoms with E-state index in [1.54, 1.807) is 0 Å². The lowest BCUT2D eigenvalue weighted by Crippen LogP contribution is -2.38. The van der Waals surface area contributed by atoms with Crippen LogP contribution in [0.3, 0.4) is 0 Å². The Morgan fingerprint density at radius 3 is 1.00 bits per heavy atom. The zero-order chi connectivity index (χ0) is 35.8. The molecule has 0 radical (unpaired) electrons. The highest BCUT2D eigenvalue weighted by Crippen LogP contribution is 2.26. The number of nitrogens with one attached hydrogen (secondary N) is 2. The van der Waals surface area contributed by atoms with Gasteiger partial charge in [0.15, 0.2) is 0 Å². The van der Waals surface area contributed by atoms with Gasteiger partial charge in [-0.2, -0.15) is 33.7 Å². The number of hydrogen-bond acceptors (Lipinski definition) is 14. The van der Waals surface area contributed by atoms with E-state index in [2.05, 4.69) is 35.9 Å². The average molecular weight is 703 g/mol. The summed E-state index contributed by atoms with van der Waals surface area (Å²) in [7, 11) is -4.67. The number of benzene rings is 2. The van der Waals surface area contributed by atoms with Gasteiger partial charge in [-0.1, -0.05) is 0 Å². The van der Waals surface area contributed by atoms with Crippen molar-refractivity contribution in [3.05, 3.63) is 47.5 Å². The lowest BCUT2D eigenvalue weighted by Gasteiger charge is -2.23. The Bertz CT molecular complexity index is 1090. The van der Waals surface area contributed by atoms with Crippen LogP contribution in [0.25, 0.3) is 0 Å². The molecule has 45 heavy (non-hydrogen) atoms. The summed E-state index contributed by atoms with van der Waals surface area (Å²) < 4.78 is 31.6. The first-order chi connectivity index (χ1) is 20.3. The van der Waals surface area contributed by atoms with Crippen LogP contribution in [0, 0.1) is 0 Å². The Morgan fingerprint density at radius 1 is 0.600 bits per heavy atom. The third-order valence-electron chi connectivity index (χ3n) is 5.09. The molecule has 2 unspecified atom stereocenters. The van der Waals surface area contributed by atoms with Crippen molar-refractivity contribution in [2.45, 2.75) is 77.0 Å². The molecule has 0 fully saturated rings. The van der Waals surface area contributed by atoms with Crippen molar-refractivity contribution in [1.29, 1.82) is 0 Å². The molecule has 12 N–H and O–H groups in total. The van der Waals surface area contributed by atoms with Gasteiger partial charge in [0, 0.05) is 47.8 Å². The highest BCUT2D eigenvalue weighted by atomic mass is 32.3. The molecule has 0 amide bonds. The second kappa shape index (κ2) is 21.0. The molecule has 0 saturated carbocycles. The van der Waals surface area contributed by atoms with Crippen molar-refractivity contribution in [1.82, 2.24) is 10.6 Å². The lowest BCUT2D eigenvalue weighted by atomic mass is 10.1. The maximum atomic E-state index is 9.85. The molecule has 0 saturated heterocycles. The van der Waals surface area contributed by atoms with Gasteiger partial charge in [0.25, 0.3) is 0 Å². The summed E-state index contributed by atoms with van der Waals surface area (Å²) in [4.78, 5) is 0. The molecule has 262 valence electrons. The van der Waals surface area contributed by atoms with Crippen molar-refractivity contribution < 1.29 is 58.4 Å². The lowest BCUT2D eigenvalue weighted by molar-refractivity contribution is 0.0504. The van der Waals surface area contributed by atoms with Crippen LogP contribution in [0.1, 0.15) is 64.9 Å². The number of aromatic hydroxyl groups is 4. The van der Waals surface area contributed by atoms with Crippen LogP contribution >= 0.6 is 25.3 Å². The molecule has 0 aliphatic carbocycles. The first-order valence-electron chi connectivity index (χ1n) is 13.5. The highest BCUT2D eigenvalue weighted by Gasteiger charge is 2.16. The number of rotatable bonds is 9. The minimum Gasteiger partial charge on any atom is -0.508 e. The number of phenols is 4. The van der Waals surface area contributed by atoms with E-state index in [9.17, 15) is 30.6 Å². The maximum absolute atomic E-state index is 9.85. The number of β-amino-alcohol motifs (C(OH)–C–C–N with tert-alkyl or cyclic N) is 2. The van der Waals surface area contributed by atoms with Gasteiger partial charge in [0.1, 0.15) is 23.0 Å². The molecule has 0 aromatic heterocycles. The van der Waals surface area contributed by atoms with Crippen molar-refractivity contribution >= 4 is 35.7 Å². The van der Waals surface area contributed by atoms with E-state index in [-0.39, 0.29) is 45.6 Å². The summed E-state index contributed by atoms with van der Waals surface area (Å²) >= 11 is 7.53. The fourth-order valence-corrected chi connectivity index (χ4v) is 3.39. The van der Waals surface area contributed by atoms with Gasteiger partial charge in [-0.25, -0.2) is 0 Å². The van der Waals surface area contributed by atoms with E-state index < -0.39 is 34.8 Å². The molecule has 2 rings (SSSR count). The van der Waals surface area contributed by atoms with E-state index in [0.29, 0.717) is 24.2 Å². The van der Waals surface area contributed by atoms with E-state index in [0.717, 1.165) is 0 Å². The van der Waals surface area contributed by atoms with Crippen LogP contribution in [-0.2, 0) is 10.4 Å². The van der Waals surface area contributed by atoms with Crippen LogP contribution in [0.15, 0.2) is 36.4 Å². The Labute approximate surface area is 276 Å². The number of thiol groups is 2. The topological polar surface area (TPSA) is 260 Å². The van der Waals surface area contributed by atoms with E-state index in [1.165, 1.54) is 36.4 Å². The van der Waals surface area contributed by atoms with Crippen molar-refractivity contribution in [2.24, 2.45) is 0 Å². The van der Waals surface area contributed by atoms with Gasteiger partial charge in [0.2, 0.25) is 0 Å². The summed E-state index contributed by atoms with van der Waals surface area (Å²) in [6.45, 7) is 12.7. The molecule has 17 heteroatoms. The Morgan fingerprint density at radius 2 is 0.822 bits per heavy atom. The molecule has 14 nitrogen and oxygen atoms in total. The van der Waals surface area contributed by atoms with Gasteiger partial charge in [-0.3, -0.25) is 9.11 Å². The largest absolute Gasteiger partial charge is 0.508 e.